The summed E-state index contributed by atoms with van der Waals surface area (Å²) in [4.78, 5) is 29.5. The molecule has 1 atom stereocenters. The Labute approximate surface area is 157 Å². The molecule has 140 valence electrons. The van der Waals surface area contributed by atoms with Gasteiger partial charge in [-0.15, -0.1) is 0 Å². The molecular weight excluding hydrogens is 359 g/mol. The van der Waals surface area contributed by atoms with Crippen molar-refractivity contribution in [1.82, 2.24) is 9.88 Å². The van der Waals surface area contributed by atoms with E-state index in [4.69, 9.17) is 16.3 Å². The lowest BCUT2D eigenvalue weighted by atomic mass is 10.0. The van der Waals surface area contributed by atoms with Crippen molar-refractivity contribution in [2.45, 2.75) is 33.4 Å². The number of nitrogens with zero attached hydrogens (tertiary/aromatic N) is 1. The van der Waals surface area contributed by atoms with Crippen LogP contribution in [-0.4, -0.2) is 41.8 Å². The van der Waals surface area contributed by atoms with Gasteiger partial charge in [0, 0.05) is 22.8 Å². The second-order valence-corrected chi connectivity index (χ2v) is 6.68. The number of aromatic nitrogens is 1. The van der Waals surface area contributed by atoms with E-state index in [2.05, 4.69) is 4.98 Å². The van der Waals surface area contributed by atoms with E-state index in [0.717, 1.165) is 0 Å². The number of halogens is 2. The SMILES string of the molecule is COC(=O)c1c(C)[nH]c(C(=O)C(C)N(C)Cc2c(F)cccc2Cl)c1C. The molecule has 2 aromatic rings. The van der Waals surface area contributed by atoms with Gasteiger partial charge >= 0.3 is 5.97 Å². The lowest BCUT2D eigenvalue weighted by Gasteiger charge is -2.24. The number of ether oxygens (including phenoxy) is 1. The Kier molecular flexibility index (Phi) is 6.21. The first-order valence-corrected chi connectivity index (χ1v) is 8.51. The lowest BCUT2D eigenvalue weighted by Crippen LogP contribution is -2.36. The number of benzene rings is 1. The Morgan fingerprint density at radius 1 is 1.35 bits per heavy atom. The number of aromatic amines is 1. The zero-order chi connectivity index (χ0) is 19.6. The van der Waals surface area contributed by atoms with Gasteiger partial charge in [0.15, 0.2) is 5.78 Å². The van der Waals surface area contributed by atoms with Crippen molar-refractivity contribution in [1.29, 1.82) is 0 Å². The zero-order valence-corrected chi connectivity index (χ0v) is 16.2. The Bertz CT molecular complexity index is 827. The number of rotatable bonds is 6. The minimum absolute atomic E-state index is 0.182. The summed E-state index contributed by atoms with van der Waals surface area (Å²) in [7, 11) is 3.02. The number of likely N-dealkylation sites (N-methyl/N-ethyl adjacent to an activating group) is 1. The Hall–Kier alpha value is -2.18. The predicted octanol–water partition coefficient (Wildman–Crippen LogP) is 3.91. The van der Waals surface area contributed by atoms with Crippen LogP contribution in [0.5, 0.6) is 0 Å². The van der Waals surface area contributed by atoms with Crippen LogP contribution in [0.25, 0.3) is 0 Å². The summed E-state index contributed by atoms with van der Waals surface area (Å²) in [6.07, 6.45) is 0. The Morgan fingerprint density at radius 3 is 2.58 bits per heavy atom. The van der Waals surface area contributed by atoms with E-state index in [9.17, 15) is 14.0 Å². The largest absolute Gasteiger partial charge is 0.465 e. The van der Waals surface area contributed by atoms with Crippen LogP contribution < -0.4 is 0 Å². The van der Waals surface area contributed by atoms with Gasteiger partial charge in [0.2, 0.25) is 0 Å². The molecule has 0 aliphatic carbocycles. The quantitative estimate of drug-likeness (QED) is 0.609. The second-order valence-electron chi connectivity index (χ2n) is 6.27. The van der Waals surface area contributed by atoms with Crippen molar-refractivity contribution >= 4 is 23.4 Å². The average Bonchev–Trinajstić information content (AvgIpc) is 2.90. The molecule has 1 heterocycles. The normalized spacial score (nSPS) is 12.3. The average molecular weight is 381 g/mol. The van der Waals surface area contributed by atoms with Crippen LogP contribution in [0.1, 0.15) is 44.6 Å². The number of Topliss-reactive ketones (excluding diaryl/α,β-unsaturated/α-hetero) is 1. The molecule has 0 amide bonds. The summed E-state index contributed by atoms with van der Waals surface area (Å²) in [5.74, 6) is -1.10. The maximum Gasteiger partial charge on any atom is 0.339 e. The summed E-state index contributed by atoms with van der Waals surface area (Å²) >= 11 is 6.07. The molecule has 26 heavy (non-hydrogen) atoms. The van der Waals surface area contributed by atoms with Gasteiger partial charge in [0.1, 0.15) is 5.82 Å². The van der Waals surface area contributed by atoms with Crippen LogP contribution in [0, 0.1) is 19.7 Å². The number of H-pyrrole nitrogens is 1. The third kappa shape index (κ3) is 3.81. The van der Waals surface area contributed by atoms with E-state index in [0.29, 0.717) is 33.1 Å². The number of hydrogen-bond acceptors (Lipinski definition) is 4. The van der Waals surface area contributed by atoms with Crippen LogP contribution >= 0.6 is 11.6 Å². The number of nitrogens with one attached hydrogen (secondary N) is 1. The molecule has 7 heteroatoms. The van der Waals surface area contributed by atoms with Crippen LogP contribution in [0.3, 0.4) is 0 Å². The molecule has 0 radical (unpaired) electrons. The molecule has 0 saturated carbocycles. The number of hydrogen-bond donors (Lipinski definition) is 1. The number of carbonyl (C=O) groups excluding carboxylic acids is 2. The molecule has 5 nitrogen and oxygen atoms in total. The molecule has 1 N–H and O–H groups in total. The molecular formula is C19H22ClFN2O3. The number of ketones is 1. The number of aryl methyl sites for hydroxylation is 1. The monoisotopic (exact) mass is 380 g/mol. The molecule has 0 spiro atoms. The standard InChI is InChI=1S/C19H22ClFN2O3/c1-10-16(19(25)26-5)11(2)22-17(10)18(24)12(3)23(4)9-13-14(20)7-6-8-15(13)21/h6-8,12,22H,9H2,1-5H3. The van der Waals surface area contributed by atoms with E-state index < -0.39 is 17.8 Å². The van der Waals surface area contributed by atoms with Crippen LogP contribution in [0.15, 0.2) is 18.2 Å². The lowest BCUT2D eigenvalue weighted by molar-refractivity contribution is 0.0599. The van der Waals surface area contributed by atoms with E-state index in [1.807, 2.05) is 0 Å². The van der Waals surface area contributed by atoms with E-state index >= 15 is 0 Å². The first-order chi connectivity index (χ1) is 12.2. The molecule has 0 aliphatic heterocycles. The number of methoxy groups -OCH3 is 1. The molecule has 0 aliphatic rings. The van der Waals surface area contributed by atoms with Crippen LogP contribution in [-0.2, 0) is 11.3 Å². The Balaban J connectivity index is 2.26. The molecule has 2 rings (SSSR count). The molecule has 1 unspecified atom stereocenters. The summed E-state index contributed by atoms with van der Waals surface area (Å²) < 4.78 is 18.8. The molecule has 1 aromatic carbocycles. The molecule has 1 aromatic heterocycles. The highest BCUT2D eigenvalue weighted by atomic mass is 35.5. The van der Waals surface area contributed by atoms with Crippen molar-refractivity contribution in [2.24, 2.45) is 0 Å². The minimum Gasteiger partial charge on any atom is -0.465 e. The van der Waals surface area contributed by atoms with Gasteiger partial charge in [-0.25, -0.2) is 9.18 Å². The summed E-state index contributed by atoms with van der Waals surface area (Å²) in [6, 6.07) is 3.94. The van der Waals surface area contributed by atoms with Gasteiger partial charge in [-0.05, 0) is 45.5 Å². The highest BCUT2D eigenvalue weighted by Gasteiger charge is 2.27. The topological polar surface area (TPSA) is 62.4 Å². The van der Waals surface area contributed by atoms with Crippen LogP contribution in [0.4, 0.5) is 4.39 Å². The number of carbonyl (C=O) groups is 2. The van der Waals surface area contributed by atoms with Crippen molar-refractivity contribution in [2.75, 3.05) is 14.2 Å². The van der Waals surface area contributed by atoms with Gasteiger partial charge < -0.3 is 9.72 Å². The van der Waals surface area contributed by atoms with E-state index in [-0.39, 0.29) is 12.3 Å². The predicted molar refractivity (Wildman–Crippen MR) is 98.3 cm³/mol. The van der Waals surface area contributed by atoms with Gasteiger partial charge in [-0.2, -0.15) is 0 Å². The summed E-state index contributed by atoms with van der Waals surface area (Å²) in [5, 5.41) is 0.316. The third-order valence-electron chi connectivity index (χ3n) is 4.58. The Morgan fingerprint density at radius 2 is 2.00 bits per heavy atom. The fourth-order valence-electron chi connectivity index (χ4n) is 2.88. The van der Waals surface area contributed by atoms with Crippen molar-refractivity contribution < 1.29 is 18.7 Å². The summed E-state index contributed by atoms with van der Waals surface area (Å²) in [6.45, 7) is 5.32. The molecule has 0 fully saturated rings. The highest BCUT2D eigenvalue weighted by Crippen LogP contribution is 2.24. The second kappa shape index (κ2) is 8.01. The minimum atomic E-state index is -0.548. The van der Waals surface area contributed by atoms with E-state index in [1.165, 1.54) is 19.2 Å². The summed E-state index contributed by atoms with van der Waals surface area (Å²) in [5.41, 5.74) is 2.17. The fourth-order valence-corrected chi connectivity index (χ4v) is 3.11. The van der Waals surface area contributed by atoms with Crippen molar-refractivity contribution in [3.05, 3.63) is 57.1 Å². The zero-order valence-electron chi connectivity index (χ0n) is 15.4. The van der Waals surface area contributed by atoms with Crippen molar-refractivity contribution in [3.8, 4) is 0 Å². The van der Waals surface area contributed by atoms with Gasteiger partial charge in [0.05, 0.1) is 24.4 Å². The fraction of sp³-hybridized carbons (Fsp3) is 0.368. The van der Waals surface area contributed by atoms with Gasteiger partial charge in [-0.3, -0.25) is 9.69 Å². The van der Waals surface area contributed by atoms with E-state index in [1.54, 1.807) is 38.8 Å². The van der Waals surface area contributed by atoms with Gasteiger partial charge in [0.25, 0.3) is 0 Å². The van der Waals surface area contributed by atoms with Crippen LogP contribution in [0.2, 0.25) is 5.02 Å². The molecule has 0 bridgehead atoms. The first kappa shape index (κ1) is 20.1. The van der Waals surface area contributed by atoms with Gasteiger partial charge in [-0.1, -0.05) is 17.7 Å². The maximum atomic E-state index is 14.0. The first-order valence-electron chi connectivity index (χ1n) is 8.13. The number of esters is 1. The van der Waals surface area contributed by atoms with Crippen molar-refractivity contribution in [3.63, 3.8) is 0 Å². The third-order valence-corrected chi connectivity index (χ3v) is 4.94. The smallest absolute Gasteiger partial charge is 0.339 e. The highest BCUT2D eigenvalue weighted by molar-refractivity contribution is 6.31. The molecule has 0 saturated heterocycles. The maximum absolute atomic E-state index is 14.0.